The van der Waals surface area contributed by atoms with Gasteiger partial charge in [-0.1, -0.05) is 29.8 Å². The van der Waals surface area contributed by atoms with Crippen molar-refractivity contribution in [3.05, 3.63) is 81.8 Å². The predicted molar refractivity (Wildman–Crippen MR) is 108 cm³/mol. The van der Waals surface area contributed by atoms with Crippen molar-refractivity contribution in [3.8, 4) is 0 Å². The average Bonchev–Trinajstić information content (AvgIpc) is 3.02. The smallest absolute Gasteiger partial charge is 0.367 e. The molecular formula is C21H18ClF4N3O2. The van der Waals surface area contributed by atoms with Gasteiger partial charge in [-0.15, -0.1) is 0 Å². The summed E-state index contributed by atoms with van der Waals surface area (Å²) in [7, 11) is 0. The van der Waals surface area contributed by atoms with Crippen molar-refractivity contribution in [2.75, 3.05) is 11.9 Å². The summed E-state index contributed by atoms with van der Waals surface area (Å²) in [6, 6.07) is 11.8. The molecule has 31 heavy (non-hydrogen) atoms. The van der Waals surface area contributed by atoms with Crippen LogP contribution in [-0.4, -0.2) is 28.5 Å². The normalized spacial score (nSPS) is 11.5. The van der Waals surface area contributed by atoms with Crippen LogP contribution in [0.15, 0.2) is 48.5 Å². The zero-order chi connectivity index (χ0) is 22.6. The molecule has 0 radical (unpaired) electrons. The highest BCUT2D eigenvalue weighted by molar-refractivity contribution is 6.31. The summed E-state index contributed by atoms with van der Waals surface area (Å²) in [5.74, 6) is -0.619. The van der Waals surface area contributed by atoms with Crippen LogP contribution in [0.5, 0.6) is 0 Å². The van der Waals surface area contributed by atoms with Gasteiger partial charge in [0.25, 0.3) is 5.91 Å². The molecule has 0 aliphatic rings. The van der Waals surface area contributed by atoms with Gasteiger partial charge in [-0.2, -0.15) is 18.3 Å². The fourth-order valence-corrected chi connectivity index (χ4v) is 3.04. The van der Waals surface area contributed by atoms with Crippen LogP contribution in [0.2, 0.25) is 5.02 Å². The number of alkyl halides is 3. The summed E-state index contributed by atoms with van der Waals surface area (Å²) in [6.07, 6.45) is -4.41. The van der Waals surface area contributed by atoms with E-state index in [9.17, 15) is 22.4 Å². The number of aryl methyl sites for hydroxylation is 1. The third-order valence-electron chi connectivity index (χ3n) is 4.28. The first-order valence-electron chi connectivity index (χ1n) is 9.14. The Bertz CT molecular complexity index is 1080. The molecule has 164 valence electrons. The maximum atomic E-state index is 13.2. The van der Waals surface area contributed by atoms with Crippen LogP contribution >= 0.6 is 11.6 Å². The standard InChI is InChI=1S/C21H18ClF4N3O2/c1-13-7-19(28-29(13)10-16-5-6-17(23)9-18(16)22)27-20(30)15-4-2-3-14(8-15)11-31-12-21(24,25)26/h2-9H,10-12H2,1H3,(H,27,28,30). The molecule has 2 aromatic carbocycles. The fourth-order valence-electron chi connectivity index (χ4n) is 2.82. The molecule has 1 amide bonds. The number of anilines is 1. The van der Waals surface area contributed by atoms with E-state index in [0.717, 1.165) is 5.69 Å². The van der Waals surface area contributed by atoms with E-state index in [0.29, 0.717) is 16.9 Å². The van der Waals surface area contributed by atoms with Gasteiger partial charge in [0, 0.05) is 22.3 Å². The Morgan fingerprint density at radius 3 is 2.68 bits per heavy atom. The van der Waals surface area contributed by atoms with Crippen molar-refractivity contribution in [3.63, 3.8) is 0 Å². The van der Waals surface area contributed by atoms with E-state index in [4.69, 9.17) is 11.6 Å². The van der Waals surface area contributed by atoms with Gasteiger partial charge in [-0.25, -0.2) is 4.39 Å². The van der Waals surface area contributed by atoms with Crippen LogP contribution in [-0.2, 0) is 17.9 Å². The summed E-state index contributed by atoms with van der Waals surface area (Å²) in [5.41, 5.74) is 2.09. The molecular weight excluding hydrogens is 438 g/mol. The van der Waals surface area contributed by atoms with Crippen LogP contribution < -0.4 is 5.32 Å². The number of hydrogen-bond acceptors (Lipinski definition) is 3. The number of carbonyl (C=O) groups is 1. The number of carbonyl (C=O) groups excluding carboxylic acids is 1. The number of amides is 1. The number of halogens is 5. The number of hydrogen-bond donors (Lipinski definition) is 1. The molecule has 0 atom stereocenters. The molecule has 0 saturated heterocycles. The van der Waals surface area contributed by atoms with Gasteiger partial charge in [0.15, 0.2) is 5.82 Å². The molecule has 3 aromatic rings. The van der Waals surface area contributed by atoms with Crippen LogP contribution in [0.1, 0.15) is 27.2 Å². The van der Waals surface area contributed by atoms with Gasteiger partial charge in [0.2, 0.25) is 0 Å². The van der Waals surface area contributed by atoms with Crippen molar-refractivity contribution < 1.29 is 27.1 Å². The third kappa shape index (κ3) is 6.53. The van der Waals surface area contributed by atoms with E-state index < -0.39 is 24.5 Å². The number of nitrogens with zero attached hydrogens (tertiary/aromatic N) is 2. The number of benzene rings is 2. The lowest BCUT2D eigenvalue weighted by atomic mass is 10.1. The van der Waals surface area contributed by atoms with Gasteiger partial charge in [0.05, 0.1) is 13.2 Å². The van der Waals surface area contributed by atoms with Crippen molar-refractivity contribution in [2.45, 2.75) is 26.3 Å². The summed E-state index contributed by atoms with van der Waals surface area (Å²) in [5, 5.41) is 7.24. The number of nitrogens with one attached hydrogen (secondary N) is 1. The second kappa shape index (κ2) is 9.49. The molecule has 3 rings (SSSR count). The largest absolute Gasteiger partial charge is 0.411 e. The molecule has 10 heteroatoms. The Kier molecular flexibility index (Phi) is 6.97. The first-order chi connectivity index (χ1) is 14.6. The number of ether oxygens (including phenoxy) is 1. The van der Waals surface area contributed by atoms with Crippen molar-refractivity contribution in [2.24, 2.45) is 0 Å². The van der Waals surface area contributed by atoms with E-state index in [1.165, 1.54) is 24.3 Å². The zero-order valence-electron chi connectivity index (χ0n) is 16.3. The SMILES string of the molecule is Cc1cc(NC(=O)c2cccc(COCC(F)(F)F)c2)nn1Cc1ccc(F)cc1Cl. The Balaban J connectivity index is 1.66. The van der Waals surface area contributed by atoms with Crippen LogP contribution in [0.3, 0.4) is 0 Å². The maximum absolute atomic E-state index is 13.2. The van der Waals surface area contributed by atoms with Crippen molar-refractivity contribution in [1.82, 2.24) is 9.78 Å². The fraction of sp³-hybridized carbons (Fsp3) is 0.238. The molecule has 0 saturated carbocycles. The van der Waals surface area contributed by atoms with Gasteiger partial charge in [0.1, 0.15) is 12.4 Å². The summed E-state index contributed by atoms with van der Waals surface area (Å²) >= 11 is 6.06. The zero-order valence-corrected chi connectivity index (χ0v) is 17.1. The lowest BCUT2D eigenvalue weighted by Gasteiger charge is -2.09. The molecule has 0 unspecified atom stereocenters. The predicted octanol–water partition coefficient (Wildman–Crippen LogP) is 5.36. The van der Waals surface area contributed by atoms with E-state index >= 15 is 0 Å². The molecule has 1 heterocycles. The van der Waals surface area contributed by atoms with Gasteiger partial charge in [-0.3, -0.25) is 9.48 Å². The third-order valence-corrected chi connectivity index (χ3v) is 4.63. The molecule has 0 aliphatic carbocycles. The minimum absolute atomic E-state index is 0.252. The lowest BCUT2D eigenvalue weighted by molar-refractivity contribution is -0.176. The van der Waals surface area contributed by atoms with Crippen molar-refractivity contribution >= 4 is 23.3 Å². The van der Waals surface area contributed by atoms with Gasteiger partial charge < -0.3 is 10.1 Å². The molecule has 1 aromatic heterocycles. The first kappa shape index (κ1) is 22.8. The van der Waals surface area contributed by atoms with Gasteiger partial charge >= 0.3 is 6.18 Å². The second-order valence-corrected chi connectivity index (χ2v) is 7.23. The maximum Gasteiger partial charge on any atom is 0.411 e. The van der Waals surface area contributed by atoms with E-state index in [1.807, 2.05) is 0 Å². The molecule has 0 bridgehead atoms. The molecule has 1 N–H and O–H groups in total. The quantitative estimate of drug-likeness (QED) is 0.488. The summed E-state index contributed by atoms with van der Waals surface area (Å²) < 4.78 is 56.0. The van der Waals surface area contributed by atoms with Crippen LogP contribution in [0, 0.1) is 12.7 Å². The topological polar surface area (TPSA) is 56.1 Å². The summed E-state index contributed by atoms with van der Waals surface area (Å²) in [6.45, 7) is 0.441. The van der Waals surface area contributed by atoms with E-state index in [-0.39, 0.29) is 23.7 Å². The summed E-state index contributed by atoms with van der Waals surface area (Å²) in [4.78, 5) is 12.5. The van der Waals surface area contributed by atoms with Crippen molar-refractivity contribution in [1.29, 1.82) is 0 Å². The molecule has 0 fully saturated rings. The second-order valence-electron chi connectivity index (χ2n) is 6.83. The highest BCUT2D eigenvalue weighted by atomic mass is 35.5. The Labute approximate surface area is 180 Å². The molecule has 0 aliphatic heterocycles. The highest BCUT2D eigenvalue weighted by Crippen LogP contribution is 2.20. The number of aromatic nitrogens is 2. The first-order valence-corrected chi connectivity index (χ1v) is 9.52. The average molecular weight is 456 g/mol. The monoisotopic (exact) mass is 455 g/mol. The molecule has 5 nitrogen and oxygen atoms in total. The van der Waals surface area contributed by atoms with Gasteiger partial charge in [-0.05, 0) is 42.3 Å². The van der Waals surface area contributed by atoms with Crippen LogP contribution in [0.25, 0.3) is 0 Å². The van der Waals surface area contributed by atoms with Crippen LogP contribution in [0.4, 0.5) is 23.4 Å². The van der Waals surface area contributed by atoms with E-state index in [2.05, 4.69) is 15.2 Å². The highest BCUT2D eigenvalue weighted by Gasteiger charge is 2.27. The Morgan fingerprint density at radius 2 is 1.97 bits per heavy atom. The minimum atomic E-state index is -4.41. The minimum Gasteiger partial charge on any atom is -0.367 e. The number of rotatable bonds is 7. The Morgan fingerprint density at radius 1 is 1.19 bits per heavy atom. The Hall–Kier alpha value is -2.91. The molecule has 0 spiro atoms. The lowest BCUT2D eigenvalue weighted by Crippen LogP contribution is -2.17. The van der Waals surface area contributed by atoms with E-state index in [1.54, 1.807) is 35.9 Å².